The number of esters is 2. The van der Waals surface area contributed by atoms with E-state index < -0.39 is 40.9 Å². The zero-order chi connectivity index (χ0) is 18.9. The molecule has 1 heterocycles. The Balaban J connectivity index is 2.22. The smallest absolute Gasteiger partial charge is 0.341 e. The normalized spacial score (nSPS) is 49.4. The molecule has 1 aliphatic heterocycles. The van der Waals surface area contributed by atoms with Crippen molar-refractivity contribution < 1.29 is 34.4 Å². The van der Waals surface area contributed by atoms with E-state index in [0.29, 0.717) is 12.0 Å². The lowest BCUT2D eigenvalue weighted by Crippen LogP contribution is -2.63. The van der Waals surface area contributed by atoms with Gasteiger partial charge in [-0.15, -0.1) is 0 Å². The molecule has 7 nitrogen and oxygen atoms in total. The summed E-state index contributed by atoms with van der Waals surface area (Å²) in [6, 6.07) is 0. The van der Waals surface area contributed by atoms with Crippen molar-refractivity contribution in [2.45, 2.75) is 76.5 Å². The first-order valence-electron chi connectivity index (χ1n) is 8.60. The fourth-order valence-electron chi connectivity index (χ4n) is 4.84. The van der Waals surface area contributed by atoms with Crippen LogP contribution >= 0.6 is 0 Å². The number of allylic oxidation sites excluding steroid dienone is 1. The van der Waals surface area contributed by atoms with Gasteiger partial charge in [0.15, 0.2) is 17.3 Å². The average Bonchev–Trinajstić information content (AvgIpc) is 2.84. The minimum Gasteiger partial charge on any atom is -0.459 e. The van der Waals surface area contributed by atoms with E-state index in [0.717, 1.165) is 12.5 Å². The number of hydrogen-bond acceptors (Lipinski definition) is 7. The molecule has 0 aromatic carbocycles. The highest BCUT2D eigenvalue weighted by atomic mass is 16.6. The Morgan fingerprint density at radius 1 is 1.32 bits per heavy atom. The molecule has 0 unspecified atom stereocenters. The van der Waals surface area contributed by atoms with Crippen LogP contribution in [0, 0.1) is 11.8 Å². The number of hydrogen-bond donors (Lipinski definition) is 3. The van der Waals surface area contributed by atoms with Crippen LogP contribution in [0.25, 0.3) is 0 Å². The number of rotatable bonds is 1. The topological polar surface area (TPSA) is 113 Å². The summed E-state index contributed by atoms with van der Waals surface area (Å²) in [4.78, 5) is 23.9. The number of aliphatic hydroxyl groups excluding tert-OH is 1. The van der Waals surface area contributed by atoms with Crippen LogP contribution in [0.2, 0.25) is 0 Å². The fraction of sp³-hybridized carbons (Fsp3) is 0.778. The van der Waals surface area contributed by atoms with E-state index in [1.54, 1.807) is 6.92 Å². The van der Waals surface area contributed by atoms with E-state index in [9.17, 15) is 24.9 Å². The van der Waals surface area contributed by atoms with E-state index >= 15 is 0 Å². The minimum atomic E-state index is -2.26. The van der Waals surface area contributed by atoms with Gasteiger partial charge in [0.25, 0.3) is 0 Å². The van der Waals surface area contributed by atoms with Crippen molar-refractivity contribution in [1.82, 2.24) is 0 Å². The van der Waals surface area contributed by atoms with Crippen molar-refractivity contribution in [2.24, 2.45) is 11.8 Å². The lowest BCUT2D eigenvalue weighted by Gasteiger charge is -2.39. The largest absolute Gasteiger partial charge is 0.459 e. The zero-order valence-electron chi connectivity index (χ0n) is 15.2. The van der Waals surface area contributed by atoms with E-state index in [1.807, 2.05) is 13.8 Å². The molecule has 3 aliphatic rings. The van der Waals surface area contributed by atoms with Crippen LogP contribution in [-0.2, 0) is 19.1 Å². The summed E-state index contributed by atoms with van der Waals surface area (Å²) in [5, 5.41) is 32.6. The van der Waals surface area contributed by atoms with Gasteiger partial charge in [0.2, 0.25) is 0 Å². The van der Waals surface area contributed by atoms with Crippen LogP contribution in [-0.4, -0.2) is 56.3 Å². The first-order chi connectivity index (χ1) is 11.4. The highest BCUT2D eigenvalue weighted by molar-refractivity contribution is 5.85. The van der Waals surface area contributed by atoms with E-state index in [1.165, 1.54) is 6.92 Å². The summed E-state index contributed by atoms with van der Waals surface area (Å²) < 4.78 is 10.9. The van der Waals surface area contributed by atoms with Gasteiger partial charge in [-0.1, -0.05) is 12.5 Å². The molecule has 7 heteroatoms. The Morgan fingerprint density at radius 2 is 1.92 bits per heavy atom. The van der Waals surface area contributed by atoms with E-state index in [2.05, 4.69) is 0 Å². The number of fused-ring (bicyclic) bond motifs is 3. The highest BCUT2D eigenvalue weighted by Crippen LogP contribution is 2.56. The predicted octanol–water partition coefficient (Wildman–Crippen LogP) is 0.453. The summed E-state index contributed by atoms with van der Waals surface area (Å²) in [5.74, 6) is -1.64. The van der Waals surface area contributed by atoms with E-state index in [4.69, 9.17) is 9.47 Å². The second kappa shape index (κ2) is 5.28. The molecule has 0 radical (unpaired) electrons. The van der Waals surface area contributed by atoms with Crippen LogP contribution in [0.1, 0.15) is 47.5 Å². The molecule has 7 atom stereocenters. The first-order valence-corrected chi connectivity index (χ1v) is 8.60. The summed E-state index contributed by atoms with van der Waals surface area (Å²) in [7, 11) is 0. The highest BCUT2D eigenvalue weighted by Gasteiger charge is 2.72. The Kier molecular flexibility index (Phi) is 3.88. The van der Waals surface area contributed by atoms with Gasteiger partial charge in [-0.2, -0.15) is 0 Å². The van der Waals surface area contributed by atoms with E-state index in [-0.39, 0.29) is 18.3 Å². The van der Waals surface area contributed by atoms with Crippen molar-refractivity contribution >= 4 is 11.9 Å². The van der Waals surface area contributed by atoms with Crippen LogP contribution in [0.4, 0.5) is 0 Å². The van der Waals surface area contributed by atoms with Crippen molar-refractivity contribution in [3.63, 3.8) is 0 Å². The monoisotopic (exact) mass is 354 g/mol. The van der Waals surface area contributed by atoms with Gasteiger partial charge in [-0.3, -0.25) is 4.79 Å². The van der Waals surface area contributed by atoms with Gasteiger partial charge >= 0.3 is 11.9 Å². The molecule has 140 valence electrons. The van der Waals surface area contributed by atoms with Gasteiger partial charge in [-0.25, -0.2) is 4.79 Å². The number of aliphatic hydroxyl groups is 3. The van der Waals surface area contributed by atoms with Gasteiger partial charge in [-0.05, 0) is 38.7 Å². The summed E-state index contributed by atoms with van der Waals surface area (Å²) >= 11 is 0. The predicted molar refractivity (Wildman–Crippen MR) is 86.2 cm³/mol. The van der Waals surface area contributed by atoms with Crippen LogP contribution < -0.4 is 0 Å². The van der Waals surface area contributed by atoms with Gasteiger partial charge in [0.1, 0.15) is 5.60 Å². The molecule has 1 saturated carbocycles. The lowest BCUT2D eigenvalue weighted by atomic mass is 9.75. The molecule has 0 spiro atoms. The lowest BCUT2D eigenvalue weighted by molar-refractivity contribution is -0.195. The summed E-state index contributed by atoms with van der Waals surface area (Å²) in [6.07, 6.45) is -2.15. The molecule has 1 saturated heterocycles. The molecular formula is C18H26O7. The molecule has 2 fully saturated rings. The maximum Gasteiger partial charge on any atom is 0.341 e. The minimum absolute atomic E-state index is 0.111. The third kappa shape index (κ3) is 2.22. The number of carbonyl (C=O) groups is 2. The van der Waals surface area contributed by atoms with Crippen molar-refractivity contribution in [3.05, 3.63) is 11.1 Å². The van der Waals surface area contributed by atoms with Crippen LogP contribution in [0.15, 0.2) is 11.1 Å². The summed E-state index contributed by atoms with van der Waals surface area (Å²) in [5.41, 5.74) is -3.98. The molecule has 0 bridgehead atoms. The standard InChI is InChI=1S/C18H26O7/c1-8-6-11-13(9(8)2)14-18(23,17(5,22)15(21)24-14)12(20)7-16(11,4)25-10(3)19/h8,11-12,14,20,22-23H,6-7H2,1-5H3/t8-,11+,12+,14+,16+,17-,18-/m1/s1. The maximum atomic E-state index is 12.2. The Labute approximate surface area is 146 Å². The van der Waals surface area contributed by atoms with Gasteiger partial charge in [0, 0.05) is 19.3 Å². The zero-order valence-corrected chi connectivity index (χ0v) is 15.2. The first kappa shape index (κ1) is 18.4. The van der Waals surface area contributed by atoms with Crippen molar-refractivity contribution in [3.8, 4) is 0 Å². The van der Waals surface area contributed by atoms with Crippen molar-refractivity contribution in [2.75, 3.05) is 0 Å². The number of carbonyl (C=O) groups excluding carboxylic acids is 2. The Bertz CT molecular complexity index is 666. The Morgan fingerprint density at radius 3 is 2.48 bits per heavy atom. The van der Waals surface area contributed by atoms with Crippen molar-refractivity contribution in [1.29, 1.82) is 0 Å². The molecule has 0 aromatic rings. The molecule has 0 aromatic heterocycles. The quantitative estimate of drug-likeness (QED) is 0.463. The Hall–Kier alpha value is -1.44. The van der Waals surface area contributed by atoms with Crippen LogP contribution in [0.5, 0.6) is 0 Å². The fourth-order valence-corrected chi connectivity index (χ4v) is 4.84. The molecule has 3 N–H and O–H groups in total. The van der Waals surface area contributed by atoms with Gasteiger partial charge in [0.05, 0.1) is 6.10 Å². The average molecular weight is 354 g/mol. The summed E-state index contributed by atoms with van der Waals surface area (Å²) in [6.45, 7) is 8.05. The van der Waals surface area contributed by atoms with Gasteiger partial charge < -0.3 is 24.8 Å². The SMILES string of the molecule is CC(=O)O[C@@]1(C)C[C@H](O)[C@@]2(O)[C@@H](OC(=O)[C@@]2(C)O)C2=C(C)[C@H](C)C[C@@H]21. The van der Waals surface area contributed by atoms with Crippen LogP contribution in [0.3, 0.4) is 0 Å². The number of ether oxygens (including phenoxy) is 2. The third-order valence-electron chi connectivity index (χ3n) is 6.46. The third-order valence-corrected chi connectivity index (χ3v) is 6.46. The molecule has 25 heavy (non-hydrogen) atoms. The second-order valence-corrected chi connectivity index (χ2v) is 8.14. The molecule has 2 aliphatic carbocycles. The second-order valence-electron chi connectivity index (χ2n) is 8.14. The maximum absolute atomic E-state index is 12.2. The molecular weight excluding hydrogens is 328 g/mol. The molecule has 3 rings (SSSR count). The molecule has 0 amide bonds.